The molecule has 1 aliphatic carbocycles. The first kappa shape index (κ1) is 24.2. The summed E-state index contributed by atoms with van der Waals surface area (Å²) in [7, 11) is 0. The van der Waals surface area contributed by atoms with Gasteiger partial charge in [-0.3, -0.25) is 0 Å². The van der Waals surface area contributed by atoms with Gasteiger partial charge in [-0.25, -0.2) is 4.98 Å². The lowest BCUT2D eigenvalue weighted by Crippen LogP contribution is -2.28. The summed E-state index contributed by atoms with van der Waals surface area (Å²) in [5, 5.41) is 8.92. The Balaban J connectivity index is 1.33. The van der Waals surface area contributed by atoms with Gasteiger partial charge in [0.1, 0.15) is 5.01 Å². The zero-order chi connectivity index (χ0) is 28.8. The van der Waals surface area contributed by atoms with Gasteiger partial charge in [0.05, 0.1) is 15.6 Å². The number of aromatic nitrogens is 1. The Hall–Kier alpha value is -5.31. The van der Waals surface area contributed by atoms with Gasteiger partial charge in [0.25, 0.3) is 0 Å². The zero-order valence-corrected chi connectivity index (χ0v) is 24.6. The molecule has 1 aromatic heterocycles. The van der Waals surface area contributed by atoms with E-state index in [9.17, 15) is 0 Å². The topological polar surface area (TPSA) is 12.9 Å². The van der Waals surface area contributed by atoms with Crippen molar-refractivity contribution >= 4 is 53.9 Å². The van der Waals surface area contributed by atoms with Gasteiger partial charge in [-0.2, -0.15) is 0 Å². The molecule has 44 heavy (non-hydrogen) atoms. The standard InChI is InChI=1S/C42H25NS/c1-2-11-31(12-3-1)42(32-23-28-19-17-26-9-8-10-27-18-20-29(24-32)40(28)39(26)27)35-14-5-4-13-33(35)34-22-21-30(25-36(34)42)41-43-37-15-6-7-16-38(37)44-41/h1-25H. The molecule has 8 aromatic carbocycles. The monoisotopic (exact) mass is 575 g/mol. The van der Waals surface area contributed by atoms with Crippen LogP contribution in [0.15, 0.2) is 152 Å². The van der Waals surface area contributed by atoms with Crippen molar-refractivity contribution < 1.29 is 0 Å². The van der Waals surface area contributed by atoms with E-state index in [2.05, 4.69) is 152 Å². The number of hydrogen-bond donors (Lipinski definition) is 0. The molecule has 0 bridgehead atoms. The lowest BCUT2D eigenvalue weighted by atomic mass is 9.67. The van der Waals surface area contributed by atoms with Gasteiger partial charge in [-0.05, 0) is 96.0 Å². The number of hydrogen-bond acceptors (Lipinski definition) is 2. The van der Waals surface area contributed by atoms with Crippen LogP contribution in [0.2, 0.25) is 0 Å². The van der Waals surface area contributed by atoms with E-state index in [1.165, 1.54) is 70.4 Å². The molecule has 0 N–H and O–H groups in total. The number of rotatable bonds is 3. The summed E-state index contributed by atoms with van der Waals surface area (Å²) in [6.45, 7) is 0. The first-order valence-corrected chi connectivity index (χ1v) is 15.9. The summed E-state index contributed by atoms with van der Waals surface area (Å²) in [5.41, 5.74) is 9.54. The summed E-state index contributed by atoms with van der Waals surface area (Å²) in [4.78, 5) is 5.06. The molecule has 0 radical (unpaired) electrons. The highest BCUT2D eigenvalue weighted by Crippen LogP contribution is 2.57. The smallest absolute Gasteiger partial charge is 0.124 e. The van der Waals surface area contributed by atoms with Crippen molar-refractivity contribution in [3.63, 3.8) is 0 Å². The van der Waals surface area contributed by atoms with Crippen molar-refractivity contribution in [1.82, 2.24) is 4.98 Å². The number of fused-ring (bicyclic) bond motifs is 4. The quantitative estimate of drug-likeness (QED) is 0.191. The highest BCUT2D eigenvalue weighted by Gasteiger charge is 2.46. The second-order valence-electron chi connectivity index (χ2n) is 11.9. The molecule has 0 fully saturated rings. The van der Waals surface area contributed by atoms with E-state index >= 15 is 0 Å². The van der Waals surface area contributed by atoms with Gasteiger partial charge in [-0.1, -0.05) is 121 Å². The van der Waals surface area contributed by atoms with Crippen LogP contribution >= 0.6 is 11.3 Å². The fourth-order valence-corrected chi connectivity index (χ4v) is 8.82. The lowest BCUT2D eigenvalue weighted by Gasteiger charge is -2.34. The molecule has 1 aliphatic rings. The number of benzene rings is 8. The molecule has 1 heterocycles. The second-order valence-corrected chi connectivity index (χ2v) is 12.9. The molecule has 204 valence electrons. The van der Waals surface area contributed by atoms with E-state index in [0.29, 0.717) is 0 Å². The third-order valence-electron chi connectivity index (χ3n) is 9.69. The summed E-state index contributed by atoms with van der Waals surface area (Å²) < 4.78 is 1.22. The Kier molecular flexibility index (Phi) is 4.86. The van der Waals surface area contributed by atoms with E-state index in [1.807, 2.05) is 0 Å². The van der Waals surface area contributed by atoms with Gasteiger partial charge in [0.15, 0.2) is 0 Å². The molecule has 0 saturated carbocycles. The Morgan fingerprint density at radius 1 is 0.455 bits per heavy atom. The minimum Gasteiger partial charge on any atom is -0.236 e. The Morgan fingerprint density at radius 3 is 1.91 bits per heavy atom. The van der Waals surface area contributed by atoms with Crippen LogP contribution in [0.4, 0.5) is 0 Å². The summed E-state index contributed by atoms with van der Waals surface area (Å²) in [6, 6.07) is 56.2. The van der Waals surface area contributed by atoms with Gasteiger partial charge in [-0.15, -0.1) is 11.3 Å². The Bertz CT molecular complexity index is 2460. The van der Waals surface area contributed by atoms with Gasteiger partial charge < -0.3 is 0 Å². The summed E-state index contributed by atoms with van der Waals surface area (Å²) >= 11 is 1.77. The average molecular weight is 576 g/mol. The molecule has 0 aliphatic heterocycles. The van der Waals surface area contributed by atoms with Gasteiger partial charge in [0, 0.05) is 5.56 Å². The Labute approximate surface area is 259 Å². The molecule has 1 unspecified atom stereocenters. The number of nitrogens with zero attached hydrogens (tertiary/aromatic N) is 1. The highest BCUT2D eigenvalue weighted by atomic mass is 32.1. The van der Waals surface area contributed by atoms with Crippen LogP contribution in [0.1, 0.15) is 22.3 Å². The molecule has 0 amide bonds. The molecular weight excluding hydrogens is 551 g/mol. The molecule has 1 nitrogen and oxygen atoms in total. The SMILES string of the molecule is c1ccc(C2(c3cc4ccc5cccc6ccc(c3)c4c56)c3ccccc3-c3ccc(-c4nc5ccccc5s4)cc32)cc1. The molecule has 0 saturated heterocycles. The van der Waals surface area contributed by atoms with Crippen LogP contribution in [0.25, 0.3) is 64.2 Å². The molecule has 9 aromatic rings. The van der Waals surface area contributed by atoms with E-state index in [-0.39, 0.29) is 0 Å². The highest BCUT2D eigenvalue weighted by molar-refractivity contribution is 7.21. The number of para-hydroxylation sites is 1. The predicted octanol–water partition coefficient (Wildman–Crippen LogP) is 11.2. The Morgan fingerprint density at radius 2 is 1.11 bits per heavy atom. The maximum atomic E-state index is 5.06. The average Bonchev–Trinajstić information content (AvgIpc) is 3.65. The van der Waals surface area contributed by atoms with Crippen LogP contribution in [-0.4, -0.2) is 4.98 Å². The first-order chi connectivity index (χ1) is 21.8. The van der Waals surface area contributed by atoms with Crippen molar-refractivity contribution in [3.05, 3.63) is 174 Å². The fraction of sp³-hybridized carbons (Fsp3) is 0.0238. The van der Waals surface area contributed by atoms with Crippen LogP contribution in [0.3, 0.4) is 0 Å². The third-order valence-corrected chi connectivity index (χ3v) is 10.8. The van der Waals surface area contributed by atoms with Crippen molar-refractivity contribution in [2.75, 3.05) is 0 Å². The third kappa shape index (κ3) is 3.16. The van der Waals surface area contributed by atoms with Gasteiger partial charge >= 0.3 is 0 Å². The van der Waals surface area contributed by atoms with E-state index < -0.39 is 5.41 Å². The van der Waals surface area contributed by atoms with Crippen LogP contribution < -0.4 is 0 Å². The summed E-state index contributed by atoms with van der Waals surface area (Å²) in [5.74, 6) is 0. The lowest BCUT2D eigenvalue weighted by molar-refractivity contribution is 0.771. The molecule has 1 atom stereocenters. The zero-order valence-electron chi connectivity index (χ0n) is 23.8. The molecule has 10 rings (SSSR count). The predicted molar refractivity (Wildman–Crippen MR) is 186 cm³/mol. The normalized spacial score (nSPS) is 15.8. The van der Waals surface area contributed by atoms with E-state index in [1.54, 1.807) is 11.3 Å². The number of thiazole rings is 1. The molecule has 2 heteroatoms. The maximum Gasteiger partial charge on any atom is 0.124 e. The maximum absolute atomic E-state index is 5.06. The van der Waals surface area contributed by atoms with E-state index in [0.717, 1.165) is 16.1 Å². The minimum atomic E-state index is -0.482. The van der Waals surface area contributed by atoms with Crippen molar-refractivity contribution in [1.29, 1.82) is 0 Å². The largest absolute Gasteiger partial charge is 0.236 e. The second kappa shape index (κ2) is 8.86. The molecular formula is C42H25NS. The van der Waals surface area contributed by atoms with Crippen molar-refractivity contribution in [2.24, 2.45) is 0 Å². The minimum absolute atomic E-state index is 0.482. The van der Waals surface area contributed by atoms with E-state index in [4.69, 9.17) is 4.98 Å². The van der Waals surface area contributed by atoms with Gasteiger partial charge in [0.2, 0.25) is 0 Å². The van der Waals surface area contributed by atoms with Crippen molar-refractivity contribution in [2.45, 2.75) is 5.41 Å². The fourth-order valence-electron chi connectivity index (χ4n) is 7.86. The first-order valence-electron chi connectivity index (χ1n) is 15.1. The van der Waals surface area contributed by atoms with Crippen LogP contribution in [0, 0.1) is 0 Å². The summed E-state index contributed by atoms with van der Waals surface area (Å²) in [6.07, 6.45) is 0. The van der Waals surface area contributed by atoms with Crippen molar-refractivity contribution in [3.8, 4) is 21.7 Å². The molecule has 0 spiro atoms. The van der Waals surface area contributed by atoms with Crippen LogP contribution in [-0.2, 0) is 5.41 Å². The van der Waals surface area contributed by atoms with Crippen LogP contribution in [0.5, 0.6) is 0 Å².